The Kier molecular flexibility index (Phi) is 7.30. The van der Waals surface area contributed by atoms with E-state index >= 15 is 0 Å². The number of aromatic nitrogens is 1. The Balaban J connectivity index is 2.00. The minimum atomic E-state index is -4.62. The zero-order valence-electron chi connectivity index (χ0n) is 14.8. The van der Waals surface area contributed by atoms with E-state index in [2.05, 4.69) is 10.3 Å². The summed E-state index contributed by atoms with van der Waals surface area (Å²) in [4.78, 5) is 16.2. The number of hydrogen-bond donors (Lipinski definition) is 1. The molecule has 0 saturated heterocycles. The topological polar surface area (TPSA) is 79.4 Å². The number of sulfonamides is 1. The molecule has 0 fully saturated rings. The van der Waals surface area contributed by atoms with Crippen molar-refractivity contribution in [2.75, 3.05) is 29.4 Å². The van der Waals surface area contributed by atoms with Gasteiger partial charge >= 0.3 is 6.18 Å². The van der Waals surface area contributed by atoms with Crippen molar-refractivity contribution in [3.63, 3.8) is 0 Å². The number of halogens is 3. The van der Waals surface area contributed by atoms with Gasteiger partial charge in [-0.25, -0.2) is 13.4 Å². The lowest BCUT2D eigenvalue weighted by molar-refractivity contribution is -0.137. The fourth-order valence-corrected chi connectivity index (χ4v) is 3.77. The van der Waals surface area contributed by atoms with Crippen LogP contribution < -0.4 is 9.62 Å². The molecule has 0 saturated carbocycles. The number of carbonyl (C=O) groups is 1. The summed E-state index contributed by atoms with van der Waals surface area (Å²) in [6.45, 7) is -0.366. The van der Waals surface area contributed by atoms with Crippen molar-refractivity contribution in [2.45, 2.75) is 11.2 Å². The molecule has 1 amide bonds. The second-order valence-electron chi connectivity index (χ2n) is 5.68. The molecule has 0 unspecified atom stereocenters. The molecule has 28 heavy (non-hydrogen) atoms. The fraction of sp³-hybridized carbons (Fsp3) is 0.294. The van der Waals surface area contributed by atoms with Crippen LogP contribution in [0, 0.1) is 0 Å². The van der Waals surface area contributed by atoms with E-state index in [9.17, 15) is 26.4 Å². The molecule has 0 bridgehead atoms. The zero-order valence-corrected chi connectivity index (χ0v) is 16.4. The Hall–Kier alpha value is -2.27. The van der Waals surface area contributed by atoms with Gasteiger partial charge in [0.1, 0.15) is 6.54 Å². The zero-order chi connectivity index (χ0) is 20.8. The second-order valence-corrected chi connectivity index (χ2v) is 8.71. The number of thioether (sulfide) groups is 1. The quantitative estimate of drug-likeness (QED) is 0.512. The van der Waals surface area contributed by atoms with Crippen LogP contribution in [-0.4, -0.2) is 44.4 Å². The van der Waals surface area contributed by atoms with Gasteiger partial charge in [-0.1, -0.05) is 12.1 Å². The third kappa shape index (κ3) is 6.71. The molecule has 0 aliphatic carbocycles. The number of nitrogens with zero attached hydrogens (tertiary/aromatic N) is 2. The van der Waals surface area contributed by atoms with Crippen LogP contribution in [0.25, 0.3) is 0 Å². The van der Waals surface area contributed by atoms with Crippen LogP contribution in [0.1, 0.15) is 5.56 Å². The molecule has 6 nitrogen and oxygen atoms in total. The molecule has 2 rings (SSSR count). The fourth-order valence-electron chi connectivity index (χ4n) is 2.20. The maximum Gasteiger partial charge on any atom is 0.416 e. The lowest BCUT2D eigenvalue weighted by Crippen LogP contribution is -2.41. The van der Waals surface area contributed by atoms with Gasteiger partial charge < -0.3 is 5.32 Å². The molecular weight excluding hydrogens is 415 g/mol. The molecule has 1 heterocycles. The third-order valence-corrected chi connectivity index (χ3v) is 5.55. The average molecular weight is 433 g/mol. The van der Waals surface area contributed by atoms with Gasteiger partial charge in [-0.2, -0.15) is 13.2 Å². The summed E-state index contributed by atoms with van der Waals surface area (Å²) in [6.07, 6.45) is -2.15. The van der Waals surface area contributed by atoms with Crippen molar-refractivity contribution in [1.82, 2.24) is 10.3 Å². The Labute approximate surface area is 165 Å². The highest BCUT2D eigenvalue weighted by molar-refractivity contribution is 7.99. The van der Waals surface area contributed by atoms with Crippen LogP contribution in [0.5, 0.6) is 0 Å². The number of nitrogens with one attached hydrogen (secondary N) is 1. The van der Waals surface area contributed by atoms with E-state index < -0.39 is 34.2 Å². The number of alkyl halides is 3. The molecule has 0 aliphatic heterocycles. The number of benzene rings is 1. The SMILES string of the molecule is CS(=O)(=O)N(CC(=O)NCCSc1ccccn1)c1cccc(C(F)(F)F)c1. The molecule has 1 aromatic carbocycles. The molecule has 0 radical (unpaired) electrons. The first-order valence-electron chi connectivity index (χ1n) is 8.03. The molecule has 2 aromatic rings. The molecule has 0 atom stereocenters. The van der Waals surface area contributed by atoms with Gasteiger partial charge in [0.2, 0.25) is 15.9 Å². The minimum Gasteiger partial charge on any atom is -0.354 e. The second kappa shape index (κ2) is 9.28. The summed E-state index contributed by atoms with van der Waals surface area (Å²) in [6, 6.07) is 9.25. The number of amides is 1. The van der Waals surface area contributed by atoms with E-state index in [4.69, 9.17) is 0 Å². The smallest absolute Gasteiger partial charge is 0.354 e. The highest BCUT2D eigenvalue weighted by Gasteiger charge is 2.31. The Morgan fingerprint density at radius 3 is 2.57 bits per heavy atom. The van der Waals surface area contributed by atoms with Gasteiger partial charge in [0.15, 0.2) is 0 Å². The summed E-state index contributed by atoms with van der Waals surface area (Å²) >= 11 is 1.41. The first-order valence-corrected chi connectivity index (χ1v) is 10.9. The van der Waals surface area contributed by atoms with Crippen LogP contribution in [0.4, 0.5) is 18.9 Å². The first-order chi connectivity index (χ1) is 13.1. The van der Waals surface area contributed by atoms with Crippen LogP contribution in [-0.2, 0) is 21.0 Å². The number of carbonyl (C=O) groups excluding carboxylic acids is 1. The lowest BCUT2D eigenvalue weighted by atomic mass is 10.2. The highest BCUT2D eigenvalue weighted by Crippen LogP contribution is 2.32. The highest BCUT2D eigenvalue weighted by atomic mass is 32.2. The Bertz CT molecular complexity index is 907. The molecule has 152 valence electrons. The number of rotatable bonds is 8. The summed E-state index contributed by atoms with van der Waals surface area (Å²) < 4.78 is 63.3. The van der Waals surface area contributed by atoms with Crippen molar-refractivity contribution in [3.8, 4) is 0 Å². The van der Waals surface area contributed by atoms with Gasteiger partial charge in [-0.3, -0.25) is 9.10 Å². The normalized spacial score (nSPS) is 11.9. The first kappa shape index (κ1) is 22.0. The predicted octanol–water partition coefficient (Wildman–Crippen LogP) is 2.77. The van der Waals surface area contributed by atoms with Crippen LogP contribution in [0.15, 0.2) is 53.7 Å². The average Bonchev–Trinajstić information content (AvgIpc) is 2.62. The molecule has 0 aliphatic rings. The monoisotopic (exact) mass is 433 g/mol. The Morgan fingerprint density at radius 2 is 1.96 bits per heavy atom. The predicted molar refractivity (Wildman–Crippen MR) is 102 cm³/mol. The maximum absolute atomic E-state index is 12.9. The van der Waals surface area contributed by atoms with Crippen LogP contribution in [0.3, 0.4) is 0 Å². The summed E-state index contributed by atoms with van der Waals surface area (Å²) in [7, 11) is -3.96. The lowest BCUT2D eigenvalue weighted by Gasteiger charge is -2.22. The van der Waals surface area contributed by atoms with E-state index in [1.165, 1.54) is 17.8 Å². The van der Waals surface area contributed by atoms with Gasteiger partial charge in [-0.05, 0) is 30.3 Å². The van der Waals surface area contributed by atoms with Gasteiger partial charge in [0, 0.05) is 18.5 Å². The van der Waals surface area contributed by atoms with E-state index in [0.717, 1.165) is 23.4 Å². The largest absolute Gasteiger partial charge is 0.416 e. The Morgan fingerprint density at radius 1 is 1.21 bits per heavy atom. The van der Waals surface area contributed by atoms with Crippen LogP contribution >= 0.6 is 11.8 Å². The number of pyridine rings is 1. The molecular formula is C17H18F3N3O3S2. The molecule has 0 spiro atoms. The van der Waals surface area contributed by atoms with Gasteiger partial charge in [0.05, 0.1) is 22.5 Å². The van der Waals surface area contributed by atoms with Crippen molar-refractivity contribution in [1.29, 1.82) is 0 Å². The van der Waals surface area contributed by atoms with Crippen molar-refractivity contribution in [3.05, 3.63) is 54.2 Å². The van der Waals surface area contributed by atoms with E-state index in [-0.39, 0.29) is 12.2 Å². The van der Waals surface area contributed by atoms with Crippen molar-refractivity contribution in [2.24, 2.45) is 0 Å². The molecule has 1 N–H and O–H groups in total. The van der Waals surface area contributed by atoms with Crippen LogP contribution in [0.2, 0.25) is 0 Å². The van der Waals surface area contributed by atoms with E-state index in [1.807, 2.05) is 12.1 Å². The summed E-state index contributed by atoms with van der Waals surface area (Å²) in [5.41, 5.74) is -1.22. The standard InChI is InChI=1S/C17H18F3N3O3S2/c1-28(25,26)23(14-6-4-5-13(11-14)17(18,19)20)12-15(24)21-9-10-27-16-7-2-3-8-22-16/h2-8,11H,9-10,12H2,1H3,(H,21,24). The maximum atomic E-state index is 12.9. The number of hydrogen-bond acceptors (Lipinski definition) is 5. The minimum absolute atomic E-state index is 0.227. The third-order valence-electron chi connectivity index (χ3n) is 3.46. The van der Waals surface area contributed by atoms with Gasteiger partial charge in [0.25, 0.3) is 0 Å². The summed E-state index contributed by atoms with van der Waals surface area (Å²) in [5, 5.41) is 3.33. The molecule has 11 heteroatoms. The molecule has 1 aromatic heterocycles. The van der Waals surface area contributed by atoms with E-state index in [0.29, 0.717) is 16.1 Å². The van der Waals surface area contributed by atoms with Crippen molar-refractivity contribution >= 4 is 33.4 Å². The number of anilines is 1. The van der Waals surface area contributed by atoms with Gasteiger partial charge in [-0.15, -0.1) is 11.8 Å². The summed E-state index contributed by atoms with van der Waals surface area (Å²) in [5.74, 6) is -0.116. The van der Waals surface area contributed by atoms with Crippen molar-refractivity contribution < 1.29 is 26.4 Å². The van der Waals surface area contributed by atoms with E-state index in [1.54, 1.807) is 12.3 Å².